The summed E-state index contributed by atoms with van der Waals surface area (Å²) in [4.78, 5) is 10.5. The van der Waals surface area contributed by atoms with Crippen molar-refractivity contribution < 1.29 is 14.3 Å². The summed E-state index contributed by atoms with van der Waals surface area (Å²) in [6.45, 7) is 2.63. The van der Waals surface area contributed by atoms with Gasteiger partial charge in [0, 0.05) is 0 Å². The van der Waals surface area contributed by atoms with E-state index in [1.807, 2.05) is 6.92 Å². The van der Waals surface area contributed by atoms with E-state index in [1.165, 1.54) is 6.21 Å². The number of nitrogens with one attached hydrogen (secondary N) is 1. The zero-order chi connectivity index (χ0) is 14.3. The number of amides is 2. The highest BCUT2D eigenvalue weighted by Crippen LogP contribution is 2.36. The first-order chi connectivity index (χ1) is 9.08. The van der Waals surface area contributed by atoms with Gasteiger partial charge in [-0.2, -0.15) is 5.10 Å². The molecule has 6 nitrogen and oxygen atoms in total. The molecule has 3 N–H and O–H groups in total. The molecule has 0 bridgehead atoms. The van der Waals surface area contributed by atoms with Crippen molar-refractivity contribution in [2.24, 2.45) is 10.8 Å². The quantitative estimate of drug-likeness (QED) is 0.620. The number of hydrogen-bond acceptors (Lipinski definition) is 4. The minimum atomic E-state index is -0.717. The standard InChI is InChI=1S/C12H16BrN3O3/c1-3-4-19-11-9(13)5-8(6-10(11)18-2)7-15-16-12(14)17/h5-7H,3-4H2,1-2H3,(H3,14,16,17). The van der Waals surface area contributed by atoms with Gasteiger partial charge in [0.2, 0.25) is 0 Å². The van der Waals surface area contributed by atoms with E-state index in [9.17, 15) is 4.79 Å². The lowest BCUT2D eigenvalue weighted by molar-refractivity contribution is 0.249. The minimum Gasteiger partial charge on any atom is -0.493 e. The molecule has 0 unspecified atom stereocenters. The number of halogens is 1. The SMILES string of the molecule is CCCOc1c(Br)cc(C=NNC(N)=O)cc1OC. The monoisotopic (exact) mass is 329 g/mol. The van der Waals surface area contributed by atoms with E-state index >= 15 is 0 Å². The molecule has 0 aliphatic heterocycles. The Bertz CT molecular complexity index is 478. The molecule has 7 heteroatoms. The van der Waals surface area contributed by atoms with Crippen LogP contribution in [-0.4, -0.2) is 26.0 Å². The molecule has 0 saturated carbocycles. The Morgan fingerprint density at radius 2 is 2.32 bits per heavy atom. The van der Waals surface area contributed by atoms with Crippen LogP contribution in [0.4, 0.5) is 4.79 Å². The molecule has 0 aliphatic rings. The Kier molecular flexibility index (Phi) is 6.14. The number of hydrazone groups is 1. The Labute approximate surface area is 120 Å². The number of ether oxygens (including phenoxy) is 2. The number of carbonyl (C=O) groups excluding carboxylic acids is 1. The van der Waals surface area contributed by atoms with Crippen LogP contribution in [0.1, 0.15) is 18.9 Å². The number of nitrogens with two attached hydrogens (primary N) is 1. The van der Waals surface area contributed by atoms with Crippen LogP contribution >= 0.6 is 15.9 Å². The highest BCUT2D eigenvalue weighted by Gasteiger charge is 2.10. The molecule has 0 spiro atoms. The second-order valence-electron chi connectivity index (χ2n) is 3.62. The summed E-state index contributed by atoms with van der Waals surface area (Å²) in [5.41, 5.74) is 7.76. The fourth-order valence-corrected chi connectivity index (χ4v) is 1.90. The zero-order valence-corrected chi connectivity index (χ0v) is 12.4. The van der Waals surface area contributed by atoms with Gasteiger partial charge in [-0.15, -0.1) is 0 Å². The summed E-state index contributed by atoms with van der Waals surface area (Å²) >= 11 is 3.41. The number of nitrogens with zero attached hydrogens (tertiary/aromatic N) is 1. The van der Waals surface area contributed by atoms with Gasteiger partial charge < -0.3 is 15.2 Å². The summed E-state index contributed by atoms with van der Waals surface area (Å²) in [6, 6.07) is 2.84. The normalized spacial score (nSPS) is 10.5. The van der Waals surface area contributed by atoms with Crippen molar-refractivity contribution in [1.82, 2.24) is 5.43 Å². The molecule has 1 rings (SSSR count). The van der Waals surface area contributed by atoms with Crippen LogP contribution in [0, 0.1) is 0 Å². The highest BCUT2D eigenvalue weighted by molar-refractivity contribution is 9.10. The molecule has 1 aromatic rings. The maximum atomic E-state index is 10.5. The second kappa shape index (κ2) is 7.63. The zero-order valence-electron chi connectivity index (χ0n) is 10.8. The number of benzene rings is 1. The topological polar surface area (TPSA) is 85.9 Å². The summed E-state index contributed by atoms with van der Waals surface area (Å²) in [7, 11) is 1.56. The van der Waals surface area contributed by atoms with Gasteiger partial charge in [-0.1, -0.05) is 6.92 Å². The molecule has 2 amide bonds. The number of methoxy groups -OCH3 is 1. The van der Waals surface area contributed by atoms with E-state index in [1.54, 1.807) is 19.2 Å². The third-order valence-corrected chi connectivity index (χ3v) is 2.68. The van der Waals surface area contributed by atoms with Crippen LogP contribution < -0.4 is 20.6 Å². The lowest BCUT2D eigenvalue weighted by Crippen LogP contribution is -2.24. The average Bonchev–Trinajstić information content (AvgIpc) is 2.36. The van der Waals surface area contributed by atoms with Crippen molar-refractivity contribution in [3.05, 3.63) is 22.2 Å². The fraction of sp³-hybridized carbons (Fsp3) is 0.333. The Morgan fingerprint density at radius 1 is 1.58 bits per heavy atom. The fourth-order valence-electron chi connectivity index (χ4n) is 1.33. The molecule has 0 atom stereocenters. The molecule has 1 aromatic carbocycles. The van der Waals surface area contributed by atoms with Crippen LogP contribution in [0.3, 0.4) is 0 Å². The summed E-state index contributed by atoms with van der Waals surface area (Å²) in [6.07, 6.45) is 2.36. The molecule has 0 fully saturated rings. The van der Waals surface area contributed by atoms with Gasteiger partial charge >= 0.3 is 6.03 Å². The Balaban J connectivity index is 2.95. The smallest absolute Gasteiger partial charge is 0.332 e. The maximum absolute atomic E-state index is 10.5. The highest BCUT2D eigenvalue weighted by atomic mass is 79.9. The van der Waals surface area contributed by atoms with Gasteiger partial charge in [0.05, 0.1) is 24.4 Å². The van der Waals surface area contributed by atoms with E-state index in [0.717, 1.165) is 16.5 Å². The van der Waals surface area contributed by atoms with Gasteiger partial charge in [0.15, 0.2) is 11.5 Å². The van der Waals surface area contributed by atoms with Crippen molar-refractivity contribution in [3.8, 4) is 11.5 Å². The largest absolute Gasteiger partial charge is 0.493 e. The Hall–Kier alpha value is -1.76. The van der Waals surface area contributed by atoms with Crippen LogP contribution in [0.5, 0.6) is 11.5 Å². The molecule has 0 aliphatic carbocycles. The lowest BCUT2D eigenvalue weighted by Gasteiger charge is -2.12. The number of primary amides is 1. The molecular weight excluding hydrogens is 314 g/mol. The predicted octanol–water partition coefficient (Wildman–Crippen LogP) is 2.25. The first-order valence-corrected chi connectivity index (χ1v) is 6.46. The molecule has 19 heavy (non-hydrogen) atoms. The average molecular weight is 330 g/mol. The second-order valence-corrected chi connectivity index (χ2v) is 4.47. The third-order valence-electron chi connectivity index (χ3n) is 2.09. The molecule has 0 saturated heterocycles. The van der Waals surface area contributed by atoms with Crippen LogP contribution in [0.2, 0.25) is 0 Å². The van der Waals surface area contributed by atoms with Gasteiger partial charge in [0.25, 0.3) is 0 Å². The third kappa shape index (κ3) is 4.78. The number of carbonyl (C=O) groups is 1. The first kappa shape index (κ1) is 15.3. The predicted molar refractivity (Wildman–Crippen MR) is 76.8 cm³/mol. The minimum absolute atomic E-state index is 0.586. The molecule has 0 aromatic heterocycles. The van der Waals surface area contributed by atoms with Crippen molar-refractivity contribution in [3.63, 3.8) is 0 Å². The van der Waals surface area contributed by atoms with Crippen molar-refractivity contribution in [1.29, 1.82) is 0 Å². The number of rotatable bonds is 6. The lowest BCUT2D eigenvalue weighted by atomic mass is 10.2. The van der Waals surface area contributed by atoms with E-state index in [4.69, 9.17) is 15.2 Å². The van der Waals surface area contributed by atoms with E-state index in [0.29, 0.717) is 18.1 Å². The van der Waals surface area contributed by atoms with Gasteiger partial charge in [-0.25, -0.2) is 10.2 Å². The molecule has 0 heterocycles. The summed E-state index contributed by atoms with van der Waals surface area (Å²) in [5, 5.41) is 3.68. The molecule has 0 radical (unpaired) electrons. The van der Waals surface area contributed by atoms with Crippen molar-refractivity contribution in [2.75, 3.05) is 13.7 Å². The van der Waals surface area contributed by atoms with Gasteiger partial charge in [0.1, 0.15) is 0 Å². The van der Waals surface area contributed by atoms with E-state index < -0.39 is 6.03 Å². The summed E-state index contributed by atoms with van der Waals surface area (Å²) in [5.74, 6) is 1.23. The van der Waals surface area contributed by atoms with Crippen molar-refractivity contribution in [2.45, 2.75) is 13.3 Å². The van der Waals surface area contributed by atoms with Crippen molar-refractivity contribution >= 4 is 28.2 Å². The van der Waals surface area contributed by atoms with E-state index in [-0.39, 0.29) is 0 Å². The summed E-state index contributed by atoms with van der Waals surface area (Å²) < 4.78 is 11.6. The molecular formula is C12H16BrN3O3. The molecule has 104 valence electrons. The maximum Gasteiger partial charge on any atom is 0.332 e. The Morgan fingerprint density at radius 3 is 2.89 bits per heavy atom. The van der Waals surface area contributed by atoms with Gasteiger partial charge in [-0.05, 0) is 40.0 Å². The van der Waals surface area contributed by atoms with Crippen LogP contribution in [0.25, 0.3) is 0 Å². The first-order valence-electron chi connectivity index (χ1n) is 5.67. The van der Waals surface area contributed by atoms with Gasteiger partial charge in [-0.3, -0.25) is 0 Å². The number of hydrogen-bond donors (Lipinski definition) is 2. The van der Waals surface area contributed by atoms with Crippen LogP contribution in [0.15, 0.2) is 21.7 Å². The van der Waals surface area contributed by atoms with E-state index in [2.05, 4.69) is 26.5 Å². The van der Waals surface area contributed by atoms with Crippen LogP contribution in [-0.2, 0) is 0 Å². The number of urea groups is 1.